The maximum Gasteiger partial charge on any atom is 0.311 e. The van der Waals surface area contributed by atoms with Gasteiger partial charge in [0.1, 0.15) is 5.75 Å². The van der Waals surface area contributed by atoms with Gasteiger partial charge in [0, 0.05) is 10.0 Å². The lowest BCUT2D eigenvalue weighted by molar-refractivity contribution is -0.138. The molecular weight excluding hydrogens is 260 g/mol. The maximum atomic E-state index is 11.0. The predicted octanol–water partition coefficient (Wildman–Crippen LogP) is 3.04. The van der Waals surface area contributed by atoms with Crippen molar-refractivity contribution in [3.05, 3.63) is 27.7 Å². The highest BCUT2D eigenvalue weighted by molar-refractivity contribution is 9.10. The molecule has 1 aromatic carbocycles. The first-order valence-electron chi connectivity index (χ1n) is 4.69. The Balaban J connectivity index is 3.29. The number of phenolic OH excluding ortho intramolecular Hbond substituents is 1. The molecule has 0 aliphatic heterocycles. The van der Waals surface area contributed by atoms with E-state index in [4.69, 9.17) is 5.11 Å². The average molecular weight is 273 g/mol. The first-order valence-corrected chi connectivity index (χ1v) is 5.48. The molecule has 0 amide bonds. The first-order chi connectivity index (χ1) is 6.97. The summed E-state index contributed by atoms with van der Waals surface area (Å²) >= 11 is 3.28. The second-order valence-corrected chi connectivity index (χ2v) is 4.33. The predicted molar refractivity (Wildman–Crippen MR) is 61.2 cm³/mol. The van der Waals surface area contributed by atoms with Gasteiger partial charge in [-0.2, -0.15) is 0 Å². The molecule has 1 rings (SSSR count). The number of carbonyl (C=O) groups is 1. The summed E-state index contributed by atoms with van der Waals surface area (Å²) in [5.74, 6) is -1.55. The van der Waals surface area contributed by atoms with Crippen molar-refractivity contribution in [2.24, 2.45) is 0 Å². The number of phenols is 1. The zero-order valence-electron chi connectivity index (χ0n) is 8.62. The number of hydrogen-bond donors (Lipinski definition) is 2. The summed E-state index contributed by atoms with van der Waals surface area (Å²) in [6, 6.07) is 3.38. The topological polar surface area (TPSA) is 57.5 Å². The second kappa shape index (κ2) is 4.66. The second-order valence-electron chi connectivity index (χ2n) is 3.48. The molecule has 4 heteroatoms. The SMILES string of the molecule is CCC(C(=O)O)c1c(O)cc(C)cc1Br. The van der Waals surface area contributed by atoms with E-state index in [1.807, 2.05) is 6.92 Å². The van der Waals surface area contributed by atoms with E-state index in [1.165, 1.54) is 0 Å². The van der Waals surface area contributed by atoms with Gasteiger partial charge in [-0.1, -0.05) is 22.9 Å². The van der Waals surface area contributed by atoms with Gasteiger partial charge < -0.3 is 10.2 Å². The highest BCUT2D eigenvalue weighted by Gasteiger charge is 2.23. The molecule has 2 N–H and O–H groups in total. The van der Waals surface area contributed by atoms with E-state index in [0.29, 0.717) is 16.5 Å². The fourth-order valence-electron chi connectivity index (χ4n) is 1.58. The molecule has 0 aliphatic carbocycles. The van der Waals surface area contributed by atoms with Gasteiger partial charge in [-0.15, -0.1) is 0 Å². The van der Waals surface area contributed by atoms with Crippen molar-refractivity contribution in [3.63, 3.8) is 0 Å². The van der Waals surface area contributed by atoms with Gasteiger partial charge >= 0.3 is 5.97 Å². The third kappa shape index (κ3) is 2.50. The number of hydrogen-bond acceptors (Lipinski definition) is 2. The van der Waals surface area contributed by atoms with Crippen LogP contribution in [0.3, 0.4) is 0 Å². The van der Waals surface area contributed by atoms with Gasteiger partial charge in [-0.05, 0) is 31.0 Å². The number of carboxylic acids is 1. The van der Waals surface area contributed by atoms with E-state index < -0.39 is 11.9 Å². The number of halogens is 1. The number of aliphatic carboxylic acids is 1. The van der Waals surface area contributed by atoms with Crippen LogP contribution in [0, 0.1) is 6.92 Å². The number of carboxylic acid groups (broad SMARTS) is 1. The standard InChI is InChI=1S/C11H13BrO3/c1-3-7(11(14)15)10-8(12)4-6(2)5-9(10)13/h4-5,7,13H,3H2,1-2H3,(H,14,15). The summed E-state index contributed by atoms with van der Waals surface area (Å²) in [4.78, 5) is 11.0. The zero-order valence-corrected chi connectivity index (χ0v) is 10.2. The van der Waals surface area contributed by atoms with Crippen LogP contribution >= 0.6 is 15.9 Å². The fourth-order valence-corrected chi connectivity index (χ4v) is 2.42. The van der Waals surface area contributed by atoms with Crippen LogP contribution in [0.15, 0.2) is 16.6 Å². The summed E-state index contributed by atoms with van der Waals surface area (Å²) in [6.45, 7) is 3.63. The van der Waals surface area contributed by atoms with E-state index in [-0.39, 0.29) is 5.75 Å². The normalized spacial score (nSPS) is 12.5. The van der Waals surface area contributed by atoms with E-state index in [1.54, 1.807) is 19.1 Å². The molecular formula is C11H13BrO3. The Bertz CT molecular complexity index is 364. The maximum absolute atomic E-state index is 11.0. The van der Waals surface area contributed by atoms with Gasteiger partial charge in [-0.25, -0.2) is 0 Å². The minimum Gasteiger partial charge on any atom is -0.508 e. The minimum atomic E-state index is -0.919. The van der Waals surface area contributed by atoms with Crippen molar-refractivity contribution in [1.29, 1.82) is 0 Å². The van der Waals surface area contributed by atoms with E-state index >= 15 is 0 Å². The summed E-state index contributed by atoms with van der Waals surface area (Å²) in [7, 11) is 0. The van der Waals surface area contributed by atoms with Crippen molar-refractivity contribution < 1.29 is 15.0 Å². The van der Waals surface area contributed by atoms with E-state index in [2.05, 4.69) is 15.9 Å². The van der Waals surface area contributed by atoms with Gasteiger partial charge in [0.25, 0.3) is 0 Å². The van der Waals surface area contributed by atoms with Crippen LogP contribution in [0.1, 0.15) is 30.4 Å². The Morgan fingerprint density at radius 2 is 2.13 bits per heavy atom. The summed E-state index contributed by atoms with van der Waals surface area (Å²) in [5.41, 5.74) is 1.35. The summed E-state index contributed by atoms with van der Waals surface area (Å²) < 4.78 is 0.647. The quantitative estimate of drug-likeness (QED) is 0.889. The van der Waals surface area contributed by atoms with Crippen molar-refractivity contribution in [1.82, 2.24) is 0 Å². The highest BCUT2D eigenvalue weighted by atomic mass is 79.9. The molecule has 0 heterocycles. The first kappa shape index (κ1) is 12.0. The van der Waals surface area contributed by atoms with Crippen LogP contribution in [0.2, 0.25) is 0 Å². The molecule has 0 fully saturated rings. The Kier molecular flexibility index (Phi) is 3.74. The Labute approximate surface area is 96.9 Å². The van der Waals surface area contributed by atoms with E-state index in [0.717, 1.165) is 5.56 Å². The lowest BCUT2D eigenvalue weighted by Crippen LogP contribution is -2.11. The molecule has 1 aromatic rings. The van der Waals surface area contributed by atoms with Gasteiger partial charge in [0.05, 0.1) is 5.92 Å². The molecule has 0 spiro atoms. The van der Waals surface area contributed by atoms with Crippen molar-refractivity contribution >= 4 is 21.9 Å². The molecule has 0 radical (unpaired) electrons. The molecule has 1 atom stereocenters. The van der Waals surface area contributed by atoms with Crippen LogP contribution in [0.4, 0.5) is 0 Å². The molecule has 3 nitrogen and oxygen atoms in total. The molecule has 0 aromatic heterocycles. The van der Waals surface area contributed by atoms with Crippen LogP contribution in [0.25, 0.3) is 0 Å². The molecule has 0 bridgehead atoms. The van der Waals surface area contributed by atoms with E-state index in [9.17, 15) is 9.90 Å². The third-order valence-electron chi connectivity index (χ3n) is 2.31. The van der Waals surface area contributed by atoms with Crippen LogP contribution in [-0.2, 0) is 4.79 Å². The van der Waals surface area contributed by atoms with Gasteiger partial charge in [-0.3, -0.25) is 4.79 Å². The highest BCUT2D eigenvalue weighted by Crippen LogP contribution is 2.35. The lowest BCUT2D eigenvalue weighted by Gasteiger charge is -2.14. The Morgan fingerprint density at radius 3 is 2.53 bits per heavy atom. The van der Waals surface area contributed by atoms with Gasteiger partial charge in [0.2, 0.25) is 0 Å². The Morgan fingerprint density at radius 1 is 1.53 bits per heavy atom. The summed E-state index contributed by atoms with van der Waals surface area (Å²) in [5, 5.41) is 18.7. The monoisotopic (exact) mass is 272 g/mol. The lowest BCUT2D eigenvalue weighted by atomic mass is 9.95. The number of aromatic hydroxyl groups is 1. The van der Waals surface area contributed by atoms with Crippen molar-refractivity contribution in [3.8, 4) is 5.75 Å². The molecule has 0 saturated carbocycles. The van der Waals surface area contributed by atoms with Crippen LogP contribution < -0.4 is 0 Å². The van der Waals surface area contributed by atoms with Crippen LogP contribution in [-0.4, -0.2) is 16.2 Å². The molecule has 15 heavy (non-hydrogen) atoms. The van der Waals surface area contributed by atoms with Crippen molar-refractivity contribution in [2.75, 3.05) is 0 Å². The number of benzene rings is 1. The smallest absolute Gasteiger partial charge is 0.311 e. The molecule has 0 aliphatic rings. The van der Waals surface area contributed by atoms with Crippen LogP contribution in [0.5, 0.6) is 5.75 Å². The largest absolute Gasteiger partial charge is 0.508 e. The minimum absolute atomic E-state index is 0.0381. The Hall–Kier alpha value is -1.03. The molecule has 0 saturated heterocycles. The number of rotatable bonds is 3. The average Bonchev–Trinajstić information content (AvgIpc) is 2.09. The third-order valence-corrected chi connectivity index (χ3v) is 2.96. The van der Waals surface area contributed by atoms with Crippen molar-refractivity contribution in [2.45, 2.75) is 26.2 Å². The fraction of sp³-hybridized carbons (Fsp3) is 0.364. The zero-order chi connectivity index (χ0) is 11.6. The number of aryl methyl sites for hydroxylation is 1. The molecule has 1 unspecified atom stereocenters. The molecule has 82 valence electrons. The van der Waals surface area contributed by atoms with Gasteiger partial charge in [0.15, 0.2) is 0 Å². The summed E-state index contributed by atoms with van der Waals surface area (Å²) in [6.07, 6.45) is 0.449.